The maximum atomic E-state index is 13.2. The Morgan fingerprint density at radius 3 is 2.50 bits per heavy atom. The van der Waals surface area contributed by atoms with Crippen LogP contribution in [0.1, 0.15) is 25.8 Å². The quantitative estimate of drug-likeness (QED) is 0.689. The van der Waals surface area contributed by atoms with Crippen molar-refractivity contribution in [1.82, 2.24) is 10.2 Å². The highest BCUT2D eigenvalue weighted by Crippen LogP contribution is 2.23. The van der Waals surface area contributed by atoms with E-state index in [2.05, 4.69) is 5.32 Å². The summed E-state index contributed by atoms with van der Waals surface area (Å²) in [5.41, 5.74) is 0.711. The second-order valence-electron chi connectivity index (χ2n) is 6.33. The Bertz CT molecular complexity index is 798. The Labute approximate surface area is 169 Å². The minimum Gasteiger partial charge on any atom is -0.482 e. The van der Waals surface area contributed by atoms with Crippen LogP contribution in [-0.4, -0.2) is 35.9 Å². The van der Waals surface area contributed by atoms with Crippen LogP contribution in [0.2, 0.25) is 5.02 Å². The number of hydrogen-bond acceptors (Lipinski definition) is 3. The zero-order valence-electron chi connectivity index (χ0n) is 16.0. The molecular weight excluding hydrogens is 383 g/mol. The number of para-hydroxylation sites is 1. The molecule has 150 valence electrons. The standard InChI is InChI=1S/C21H24ClFN2O3/c1-3-12-24-21(27)15(2)25(13-16-8-10-17(23)11-9-16)20(26)14-28-19-7-5-4-6-18(19)22/h4-11,15H,3,12-14H2,1-2H3,(H,24,27). The third-order valence-corrected chi connectivity index (χ3v) is 4.48. The number of nitrogens with zero attached hydrogens (tertiary/aromatic N) is 1. The Morgan fingerprint density at radius 2 is 1.86 bits per heavy atom. The fraction of sp³-hybridized carbons (Fsp3) is 0.333. The highest BCUT2D eigenvalue weighted by atomic mass is 35.5. The van der Waals surface area contributed by atoms with E-state index in [1.807, 2.05) is 6.92 Å². The molecule has 0 aromatic heterocycles. The average molecular weight is 407 g/mol. The van der Waals surface area contributed by atoms with Crippen molar-refractivity contribution in [3.05, 3.63) is 64.9 Å². The Kier molecular flexibility index (Phi) is 8.26. The average Bonchev–Trinajstić information content (AvgIpc) is 2.70. The molecule has 0 radical (unpaired) electrons. The van der Waals surface area contributed by atoms with Gasteiger partial charge in [-0.25, -0.2) is 4.39 Å². The summed E-state index contributed by atoms with van der Waals surface area (Å²) in [6.45, 7) is 4.02. The smallest absolute Gasteiger partial charge is 0.261 e. The molecule has 0 bridgehead atoms. The van der Waals surface area contributed by atoms with E-state index in [1.54, 1.807) is 43.3 Å². The molecule has 2 amide bonds. The molecular formula is C21H24ClFN2O3. The van der Waals surface area contributed by atoms with Gasteiger partial charge in [-0.3, -0.25) is 9.59 Å². The SMILES string of the molecule is CCCNC(=O)C(C)N(Cc1ccc(F)cc1)C(=O)COc1ccccc1Cl. The van der Waals surface area contributed by atoms with Crippen LogP contribution < -0.4 is 10.1 Å². The summed E-state index contributed by atoms with van der Waals surface area (Å²) in [6.07, 6.45) is 0.792. The van der Waals surface area contributed by atoms with Gasteiger partial charge in [-0.05, 0) is 43.2 Å². The first-order valence-electron chi connectivity index (χ1n) is 9.11. The Balaban J connectivity index is 2.13. The predicted octanol–water partition coefficient (Wildman–Crippen LogP) is 3.80. The zero-order chi connectivity index (χ0) is 20.5. The van der Waals surface area contributed by atoms with E-state index in [0.29, 0.717) is 22.9 Å². The minimum atomic E-state index is -0.709. The van der Waals surface area contributed by atoms with Gasteiger partial charge in [0.25, 0.3) is 5.91 Å². The fourth-order valence-electron chi connectivity index (χ4n) is 2.55. The lowest BCUT2D eigenvalue weighted by Gasteiger charge is -2.28. The summed E-state index contributed by atoms with van der Waals surface area (Å²) < 4.78 is 18.7. The van der Waals surface area contributed by atoms with Gasteiger partial charge in [0.2, 0.25) is 5.91 Å². The summed E-state index contributed by atoms with van der Waals surface area (Å²) in [6, 6.07) is 11.9. The number of benzene rings is 2. The third-order valence-electron chi connectivity index (χ3n) is 4.17. The number of carbonyl (C=O) groups excluding carboxylic acids is 2. The zero-order valence-corrected chi connectivity index (χ0v) is 16.7. The lowest BCUT2D eigenvalue weighted by Crippen LogP contribution is -2.49. The first-order chi connectivity index (χ1) is 13.4. The number of amides is 2. The van der Waals surface area contributed by atoms with E-state index in [1.165, 1.54) is 17.0 Å². The molecule has 7 heteroatoms. The molecule has 0 aliphatic carbocycles. The van der Waals surface area contributed by atoms with E-state index in [-0.39, 0.29) is 30.8 Å². The molecule has 2 aromatic rings. The molecule has 1 unspecified atom stereocenters. The maximum Gasteiger partial charge on any atom is 0.261 e. The van der Waals surface area contributed by atoms with Crippen LogP contribution in [0.4, 0.5) is 4.39 Å². The van der Waals surface area contributed by atoms with Crippen molar-refractivity contribution in [2.45, 2.75) is 32.9 Å². The topological polar surface area (TPSA) is 58.6 Å². The van der Waals surface area contributed by atoms with E-state index in [0.717, 1.165) is 6.42 Å². The minimum absolute atomic E-state index is 0.158. The van der Waals surface area contributed by atoms with Gasteiger partial charge in [-0.2, -0.15) is 0 Å². The summed E-state index contributed by atoms with van der Waals surface area (Å²) in [5, 5.41) is 3.19. The fourth-order valence-corrected chi connectivity index (χ4v) is 2.74. The van der Waals surface area contributed by atoms with Crippen LogP contribution >= 0.6 is 11.6 Å². The molecule has 0 saturated carbocycles. The normalized spacial score (nSPS) is 11.6. The molecule has 28 heavy (non-hydrogen) atoms. The van der Waals surface area contributed by atoms with Crippen LogP contribution in [0.25, 0.3) is 0 Å². The Morgan fingerprint density at radius 1 is 1.18 bits per heavy atom. The summed E-state index contributed by atoms with van der Waals surface area (Å²) >= 11 is 6.05. The van der Waals surface area contributed by atoms with Crippen LogP contribution in [0, 0.1) is 5.82 Å². The molecule has 2 aromatic carbocycles. The largest absolute Gasteiger partial charge is 0.482 e. The predicted molar refractivity (Wildman–Crippen MR) is 107 cm³/mol. The molecule has 0 heterocycles. The molecule has 0 fully saturated rings. The number of ether oxygens (including phenoxy) is 1. The van der Waals surface area contributed by atoms with Crippen molar-refractivity contribution < 1.29 is 18.7 Å². The first-order valence-corrected chi connectivity index (χ1v) is 9.49. The number of nitrogens with one attached hydrogen (secondary N) is 1. The highest BCUT2D eigenvalue weighted by molar-refractivity contribution is 6.32. The highest BCUT2D eigenvalue weighted by Gasteiger charge is 2.26. The number of carbonyl (C=O) groups is 2. The second kappa shape index (κ2) is 10.7. The maximum absolute atomic E-state index is 13.2. The van der Waals surface area contributed by atoms with E-state index < -0.39 is 6.04 Å². The van der Waals surface area contributed by atoms with Crippen LogP contribution in [0.15, 0.2) is 48.5 Å². The third kappa shape index (κ3) is 6.23. The van der Waals surface area contributed by atoms with Gasteiger partial charge in [0.05, 0.1) is 5.02 Å². The molecule has 0 spiro atoms. The van der Waals surface area contributed by atoms with Crippen LogP contribution in [-0.2, 0) is 16.1 Å². The molecule has 1 N–H and O–H groups in total. The first kappa shape index (κ1) is 21.7. The summed E-state index contributed by atoms with van der Waals surface area (Å²) in [7, 11) is 0. The van der Waals surface area contributed by atoms with Crippen molar-refractivity contribution in [3.8, 4) is 5.75 Å². The van der Waals surface area contributed by atoms with Crippen molar-refractivity contribution in [2.24, 2.45) is 0 Å². The second-order valence-corrected chi connectivity index (χ2v) is 6.74. The van der Waals surface area contributed by atoms with E-state index in [4.69, 9.17) is 16.3 Å². The van der Waals surface area contributed by atoms with E-state index >= 15 is 0 Å². The van der Waals surface area contributed by atoms with Gasteiger partial charge < -0.3 is 15.0 Å². The van der Waals surface area contributed by atoms with Crippen molar-refractivity contribution in [1.29, 1.82) is 0 Å². The van der Waals surface area contributed by atoms with Gasteiger partial charge in [0.1, 0.15) is 17.6 Å². The van der Waals surface area contributed by atoms with Gasteiger partial charge in [-0.1, -0.05) is 42.8 Å². The van der Waals surface area contributed by atoms with Gasteiger partial charge in [-0.15, -0.1) is 0 Å². The number of halogens is 2. The molecule has 0 aliphatic heterocycles. The van der Waals surface area contributed by atoms with Gasteiger partial charge >= 0.3 is 0 Å². The van der Waals surface area contributed by atoms with E-state index in [9.17, 15) is 14.0 Å². The summed E-state index contributed by atoms with van der Waals surface area (Å²) in [5.74, 6) is -0.599. The Hall–Kier alpha value is -2.60. The van der Waals surface area contributed by atoms with Crippen LogP contribution in [0.3, 0.4) is 0 Å². The van der Waals surface area contributed by atoms with Crippen molar-refractivity contribution in [3.63, 3.8) is 0 Å². The molecule has 0 aliphatic rings. The van der Waals surface area contributed by atoms with Gasteiger partial charge in [0, 0.05) is 13.1 Å². The molecule has 2 rings (SSSR count). The number of rotatable bonds is 9. The van der Waals surface area contributed by atoms with Crippen molar-refractivity contribution in [2.75, 3.05) is 13.2 Å². The van der Waals surface area contributed by atoms with Crippen LogP contribution in [0.5, 0.6) is 5.75 Å². The monoisotopic (exact) mass is 406 g/mol. The summed E-state index contributed by atoms with van der Waals surface area (Å²) in [4.78, 5) is 26.6. The molecule has 5 nitrogen and oxygen atoms in total. The molecule has 0 saturated heterocycles. The lowest BCUT2D eigenvalue weighted by atomic mass is 10.1. The van der Waals surface area contributed by atoms with Crippen molar-refractivity contribution >= 4 is 23.4 Å². The lowest BCUT2D eigenvalue weighted by molar-refractivity contribution is -0.142. The molecule has 1 atom stereocenters. The number of hydrogen-bond donors (Lipinski definition) is 1. The van der Waals surface area contributed by atoms with Gasteiger partial charge in [0.15, 0.2) is 6.61 Å².